The molecule has 7 heteroatoms. The summed E-state index contributed by atoms with van der Waals surface area (Å²) in [5.74, 6) is 3.03. The Hall–Kier alpha value is -1.89. The van der Waals surface area contributed by atoms with Crippen LogP contribution in [-0.4, -0.2) is 49.4 Å². The molecule has 26 heavy (non-hydrogen) atoms. The highest BCUT2D eigenvalue weighted by atomic mass is 32.2. The average molecular weight is 372 g/mol. The van der Waals surface area contributed by atoms with Crippen molar-refractivity contribution in [3.63, 3.8) is 0 Å². The van der Waals surface area contributed by atoms with E-state index in [-0.39, 0.29) is 5.91 Å². The maximum absolute atomic E-state index is 12.7. The standard InChI is InChI=1S/C19H25N5OS/c1-23-18(15-6-9-20-10-7-15)21-22-19(23)26-13-17(25)24-11-8-14-4-2-3-5-16(14)12-24/h6-7,9-10,14,16H,2-5,8,11-13H2,1H3/t14-,16+/m1/s1. The molecule has 2 aliphatic rings. The molecule has 0 N–H and O–H groups in total. The van der Waals surface area contributed by atoms with Crippen molar-refractivity contribution in [2.75, 3.05) is 18.8 Å². The third-order valence-corrected chi connectivity index (χ3v) is 6.75. The summed E-state index contributed by atoms with van der Waals surface area (Å²) in [6.45, 7) is 1.87. The molecule has 3 heterocycles. The van der Waals surface area contributed by atoms with Crippen molar-refractivity contribution < 1.29 is 4.79 Å². The van der Waals surface area contributed by atoms with Crippen molar-refractivity contribution in [2.45, 2.75) is 37.3 Å². The summed E-state index contributed by atoms with van der Waals surface area (Å²) in [6.07, 6.45) is 10.0. The molecule has 0 radical (unpaired) electrons. The molecule has 1 amide bonds. The Morgan fingerprint density at radius 3 is 2.73 bits per heavy atom. The van der Waals surface area contributed by atoms with Crippen LogP contribution in [0.25, 0.3) is 11.4 Å². The molecule has 2 aromatic rings. The second kappa shape index (κ2) is 7.78. The van der Waals surface area contributed by atoms with E-state index >= 15 is 0 Å². The molecule has 1 saturated carbocycles. The molecule has 0 unspecified atom stereocenters. The summed E-state index contributed by atoms with van der Waals surface area (Å²) in [7, 11) is 1.94. The third-order valence-electron chi connectivity index (χ3n) is 5.74. The lowest BCUT2D eigenvalue weighted by atomic mass is 9.75. The van der Waals surface area contributed by atoms with E-state index in [0.29, 0.717) is 5.75 Å². The van der Waals surface area contributed by atoms with Gasteiger partial charge in [0.25, 0.3) is 0 Å². The average Bonchev–Trinajstić information content (AvgIpc) is 3.07. The van der Waals surface area contributed by atoms with Crippen LogP contribution in [0.15, 0.2) is 29.7 Å². The molecule has 0 aromatic carbocycles. The van der Waals surface area contributed by atoms with E-state index < -0.39 is 0 Å². The number of carbonyl (C=O) groups excluding carboxylic acids is 1. The molecule has 2 fully saturated rings. The number of pyridine rings is 1. The smallest absolute Gasteiger partial charge is 0.233 e. The Kier molecular flexibility index (Phi) is 5.24. The summed E-state index contributed by atoms with van der Waals surface area (Å²) in [5.41, 5.74) is 0.979. The van der Waals surface area contributed by atoms with E-state index in [4.69, 9.17) is 0 Å². The summed E-state index contributed by atoms with van der Waals surface area (Å²) in [4.78, 5) is 18.8. The fraction of sp³-hybridized carbons (Fsp3) is 0.579. The van der Waals surface area contributed by atoms with Crippen molar-refractivity contribution in [1.29, 1.82) is 0 Å². The van der Waals surface area contributed by atoms with E-state index in [2.05, 4.69) is 20.1 Å². The first kappa shape index (κ1) is 17.5. The van der Waals surface area contributed by atoms with Gasteiger partial charge in [-0.25, -0.2) is 0 Å². The van der Waals surface area contributed by atoms with Crippen LogP contribution in [0.1, 0.15) is 32.1 Å². The van der Waals surface area contributed by atoms with E-state index in [1.807, 2.05) is 23.7 Å². The van der Waals surface area contributed by atoms with Gasteiger partial charge in [-0.05, 0) is 36.8 Å². The number of aromatic nitrogens is 4. The number of fused-ring (bicyclic) bond motifs is 1. The molecule has 0 spiro atoms. The van der Waals surface area contributed by atoms with Crippen LogP contribution in [0.5, 0.6) is 0 Å². The predicted molar refractivity (Wildman–Crippen MR) is 102 cm³/mol. The molecule has 4 rings (SSSR count). The number of rotatable bonds is 4. The minimum Gasteiger partial charge on any atom is -0.342 e. The number of hydrogen-bond donors (Lipinski definition) is 0. The fourth-order valence-corrected chi connectivity index (χ4v) is 5.05. The highest BCUT2D eigenvalue weighted by Gasteiger charge is 2.32. The van der Waals surface area contributed by atoms with Gasteiger partial charge < -0.3 is 9.47 Å². The molecule has 1 aliphatic carbocycles. The van der Waals surface area contributed by atoms with Crippen molar-refractivity contribution in [3.8, 4) is 11.4 Å². The first-order valence-electron chi connectivity index (χ1n) is 9.42. The van der Waals surface area contributed by atoms with Gasteiger partial charge >= 0.3 is 0 Å². The number of piperidine rings is 1. The van der Waals surface area contributed by atoms with Crippen LogP contribution in [0.2, 0.25) is 0 Å². The maximum Gasteiger partial charge on any atom is 0.233 e. The van der Waals surface area contributed by atoms with Gasteiger partial charge in [0.1, 0.15) is 0 Å². The van der Waals surface area contributed by atoms with Gasteiger partial charge in [-0.2, -0.15) is 0 Å². The molecular formula is C19H25N5OS. The molecule has 138 valence electrons. The fourth-order valence-electron chi connectivity index (χ4n) is 4.24. The lowest BCUT2D eigenvalue weighted by Gasteiger charge is -2.41. The van der Waals surface area contributed by atoms with Crippen LogP contribution in [-0.2, 0) is 11.8 Å². The molecule has 0 bridgehead atoms. The summed E-state index contributed by atoms with van der Waals surface area (Å²) < 4.78 is 1.95. The Balaban J connectivity index is 1.36. The lowest BCUT2D eigenvalue weighted by molar-refractivity contribution is -0.131. The summed E-state index contributed by atoms with van der Waals surface area (Å²) >= 11 is 1.48. The Morgan fingerprint density at radius 1 is 1.15 bits per heavy atom. The van der Waals surface area contributed by atoms with Gasteiger partial charge in [0.2, 0.25) is 5.91 Å². The second-order valence-corrected chi connectivity index (χ2v) is 8.27. The van der Waals surface area contributed by atoms with Crippen molar-refractivity contribution in [1.82, 2.24) is 24.6 Å². The van der Waals surface area contributed by atoms with Gasteiger partial charge in [-0.15, -0.1) is 10.2 Å². The molecule has 2 atom stereocenters. The van der Waals surface area contributed by atoms with Crippen molar-refractivity contribution in [2.24, 2.45) is 18.9 Å². The number of likely N-dealkylation sites (tertiary alicyclic amines) is 1. The Labute approximate surface area is 158 Å². The lowest BCUT2D eigenvalue weighted by Crippen LogP contribution is -2.45. The maximum atomic E-state index is 12.7. The van der Waals surface area contributed by atoms with Crippen molar-refractivity contribution in [3.05, 3.63) is 24.5 Å². The predicted octanol–water partition coefficient (Wildman–Crippen LogP) is 3.01. The Bertz CT molecular complexity index is 763. The van der Waals surface area contributed by atoms with Crippen molar-refractivity contribution >= 4 is 17.7 Å². The highest BCUT2D eigenvalue weighted by molar-refractivity contribution is 7.99. The van der Waals surface area contributed by atoms with Crippen LogP contribution < -0.4 is 0 Å². The molecular weight excluding hydrogens is 346 g/mol. The number of carbonyl (C=O) groups is 1. The minimum atomic E-state index is 0.229. The highest BCUT2D eigenvalue weighted by Crippen LogP contribution is 2.36. The van der Waals surface area contributed by atoms with Gasteiger partial charge in [-0.3, -0.25) is 9.78 Å². The normalized spacial score (nSPS) is 22.9. The van der Waals surface area contributed by atoms with Gasteiger partial charge in [0, 0.05) is 38.1 Å². The SMILES string of the molecule is Cn1c(SCC(=O)N2CC[C@H]3CCCC[C@H]3C2)nnc1-c1ccncc1. The molecule has 6 nitrogen and oxygen atoms in total. The summed E-state index contributed by atoms with van der Waals surface area (Å²) in [5, 5.41) is 9.31. The van der Waals surface area contributed by atoms with Crippen LogP contribution in [0.3, 0.4) is 0 Å². The number of hydrogen-bond acceptors (Lipinski definition) is 5. The third kappa shape index (κ3) is 3.63. The first-order chi connectivity index (χ1) is 12.7. The zero-order chi connectivity index (χ0) is 17.9. The molecule has 2 aromatic heterocycles. The topological polar surface area (TPSA) is 63.9 Å². The van der Waals surface area contributed by atoms with Gasteiger partial charge in [-0.1, -0.05) is 31.0 Å². The van der Waals surface area contributed by atoms with Crippen LogP contribution >= 0.6 is 11.8 Å². The zero-order valence-electron chi connectivity index (χ0n) is 15.2. The van der Waals surface area contributed by atoms with E-state index in [0.717, 1.165) is 41.5 Å². The van der Waals surface area contributed by atoms with E-state index in [1.54, 1.807) is 12.4 Å². The second-order valence-electron chi connectivity index (χ2n) is 7.32. The first-order valence-corrected chi connectivity index (χ1v) is 10.4. The van der Waals surface area contributed by atoms with Crippen LogP contribution in [0, 0.1) is 11.8 Å². The van der Waals surface area contributed by atoms with E-state index in [1.165, 1.54) is 43.9 Å². The largest absolute Gasteiger partial charge is 0.342 e. The summed E-state index contributed by atoms with van der Waals surface area (Å²) in [6, 6.07) is 3.83. The Morgan fingerprint density at radius 2 is 1.92 bits per heavy atom. The monoisotopic (exact) mass is 371 g/mol. The minimum absolute atomic E-state index is 0.229. The zero-order valence-corrected chi connectivity index (χ0v) is 16.0. The van der Waals surface area contributed by atoms with E-state index in [9.17, 15) is 4.79 Å². The number of amides is 1. The van der Waals surface area contributed by atoms with Gasteiger partial charge in [0.15, 0.2) is 11.0 Å². The van der Waals surface area contributed by atoms with Crippen LogP contribution in [0.4, 0.5) is 0 Å². The number of nitrogens with zero attached hydrogens (tertiary/aromatic N) is 5. The molecule has 1 aliphatic heterocycles. The quantitative estimate of drug-likeness (QED) is 0.773. The van der Waals surface area contributed by atoms with Gasteiger partial charge in [0.05, 0.1) is 5.75 Å². The molecule has 1 saturated heterocycles. The number of thioether (sulfide) groups is 1.